The number of aromatic nitrogens is 2. The van der Waals surface area contributed by atoms with Gasteiger partial charge in [-0.3, -0.25) is 9.79 Å². The zero-order valence-corrected chi connectivity index (χ0v) is 22.2. The SMILES string of the molecule is COC(=O)C1C(C)=NC(C)=C(C(=O)OCC=Cc2ccc(Cn3ccnc3)cc2)C1c1cccc(C(F)(F)F)c1. The predicted octanol–water partition coefficient (Wildman–Crippen LogP) is 5.83. The second-order valence-electron chi connectivity index (χ2n) is 9.33. The van der Waals surface area contributed by atoms with Crippen molar-refractivity contribution in [3.63, 3.8) is 0 Å². The zero-order valence-electron chi connectivity index (χ0n) is 22.2. The van der Waals surface area contributed by atoms with Crippen LogP contribution >= 0.6 is 0 Å². The van der Waals surface area contributed by atoms with Crippen LogP contribution in [0.5, 0.6) is 0 Å². The van der Waals surface area contributed by atoms with E-state index < -0.39 is 35.5 Å². The largest absolute Gasteiger partial charge is 0.468 e. The lowest BCUT2D eigenvalue weighted by Gasteiger charge is -2.31. The number of nitrogens with zero attached hydrogens (tertiary/aromatic N) is 3. The molecule has 0 aliphatic carbocycles. The van der Waals surface area contributed by atoms with Gasteiger partial charge in [-0.15, -0.1) is 0 Å². The molecule has 0 N–H and O–H groups in total. The fourth-order valence-electron chi connectivity index (χ4n) is 4.71. The van der Waals surface area contributed by atoms with Crippen molar-refractivity contribution >= 4 is 23.7 Å². The summed E-state index contributed by atoms with van der Waals surface area (Å²) < 4.78 is 52.8. The summed E-state index contributed by atoms with van der Waals surface area (Å²) in [6.07, 6.45) is 4.18. The molecule has 2 unspecified atom stereocenters. The number of esters is 2. The highest BCUT2D eigenvalue weighted by Gasteiger charge is 2.43. The van der Waals surface area contributed by atoms with E-state index in [0.717, 1.165) is 23.3 Å². The Labute approximate surface area is 229 Å². The number of benzene rings is 2. The van der Waals surface area contributed by atoms with E-state index in [1.54, 1.807) is 38.5 Å². The monoisotopic (exact) mass is 551 g/mol. The normalized spacial score (nSPS) is 17.6. The standard InChI is InChI=1S/C30H28F3N3O4/c1-19-25(28(37)39-3)27(23-7-4-8-24(16-23)30(31,32)33)26(20(2)35-19)29(38)40-15-5-6-21-9-11-22(12-10-21)17-36-14-13-34-18-36/h4-14,16,18,25,27H,15,17H2,1-3H3. The Morgan fingerprint density at radius 2 is 1.85 bits per heavy atom. The molecule has 1 aliphatic heterocycles. The lowest BCUT2D eigenvalue weighted by molar-refractivity contribution is -0.144. The number of carbonyl (C=O) groups is 2. The third kappa shape index (κ3) is 6.56. The molecule has 40 heavy (non-hydrogen) atoms. The smallest absolute Gasteiger partial charge is 0.416 e. The van der Waals surface area contributed by atoms with Gasteiger partial charge in [-0.25, -0.2) is 9.78 Å². The number of aliphatic imine (C=N–C) groups is 1. The van der Waals surface area contributed by atoms with Crippen molar-refractivity contribution < 1.29 is 32.2 Å². The number of halogens is 3. The van der Waals surface area contributed by atoms with Crippen LogP contribution in [0.3, 0.4) is 0 Å². The molecule has 2 aromatic carbocycles. The van der Waals surface area contributed by atoms with Gasteiger partial charge in [0.2, 0.25) is 0 Å². The Balaban J connectivity index is 1.53. The van der Waals surface area contributed by atoms with E-state index in [4.69, 9.17) is 9.47 Å². The van der Waals surface area contributed by atoms with Gasteiger partial charge in [-0.05, 0) is 42.7 Å². The highest BCUT2D eigenvalue weighted by Crippen LogP contribution is 2.41. The number of alkyl halides is 3. The number of carbonyl (C=O) groups excluding carboxylic acids is 2. The summed E-state index contributed by atoms with van der Waals surface area (Å²) in [4.78, 5) is 34.4. The van der Waals surface area contributed by atoms with Crippen molar-refractivity contribution in [3.8, 4) is 0 Å². The summed E-state index contributed by atoms with van der Waals surface area (Å²) in [6.45, 7) is 3.75. The first-order valence-corrected chi connectivity index (χ1v) is 12.5. The molecule has 2 heterocycles. The summed E-state index contributed by atoms with van der Waals surface area (Å²) in [7, 11) is 1.18. The fraction of sp³-hybridized carbons (Fsp3) is 0.267. The second-order valence-corrected chi connectivity index (χ2v) is 9.33. The molecule has 0 spiro atoms. The molecule has 0 bridgehead atoms. The van der Waals surface area contributed by atoms with Gasteiger partial charge in [-0.1, -0.05) is 48.5 Å². The van der Waals surface area contributed by atoms with Crippen LogP contribution < -0.4 is 0 Å². The highest BCUT2D eigenvalue weighted by atomic mass is 19.4. The molecule has 2 atom stereocenters. The quantitative estimate of drug-likeness (QED) is 0.329. The van der Waals surface area contributed by atoms with Gasteiger partial charge in [0, 0.05) is 36.3 Å². The molecule has 10 heteroatoms. The maximum absolute atomic E-state index is 13.5. The summed E-state index contributed by atoms with van der Waals surface area (Å²) in [5, 5.41) is 0. The van der Waals surface area contributed by atoms with Crippen LogP contribution in [-0.4, -0.2) is 40.9 Å². The van der Waals surface area contributed by atoms with Gasteiger partial charge in [0.15, 0.2) is 0 Å². The molecule has 4 rings (SSSR count). The van der Waals surface area contributed by atoms with Crippen molar-refractivity contribution in [2.75, 3.05) is 13.7 Å². The van der Waals surface area contributed by atoms with Crippen molar-refractivity contribution in [2.45, 2.75) is 32.5 Å². The molecule has 0 fully saturated rings. The predicted molar refractivity (Wildman–Crippen MR) is 143 cm³/mol. The Bertz CT molecular complexity index is 1460. The second kappa shape index (κ2) is 12.1. The number of rotatable bonds is 8. The van der Waals surface area contributed by atoms with Gasteiger partial charge < -0.3 is 14.0 Å². The summed E-state index contributed by atoms with van der Waals surface area (Å²) in [6, 6.07) is 12.4. The average Bonchev–Trinajstić information content (AvgIpc) is 3.44. The van der Waals surface area contributed by atoms with Crippen molar-refractivity contribution in [3.05, 3.63) is 107 Å². The Morgan fingerprint density at radius 3 is 2.50 bits per heavy atom. The third-order valence-corrected chi connectivity index (χ3v) is 6.60. The van der Waals surface area contributed by atoms with E-state index in [0.29, 0.717) is 12.3 Å². The first-order valence-electron chi connectivity index (χ1n) is 12.5. The first-order chi connectivity index (χ1) is 19.1. The van der Waals surface area contributed by atoms with Gasteiger partial charge >= 0.3 is 18.1 Å². The molecule has 0 saturated heterocycles. The molecule has 7 nitrogen and oxygen atoms in total. The molecule has 0 radical (unpaired) electrons. The van der Waals surface area contributed by atoms with E-state index in [1.807, 2.05) is 35.0 Å². The minimum atomic E-state index is -4.60. The first kappa shape index (κ1) is 28.5. The molecule has 208 valence electrons. The number of hydrogen-bond donors (Lipinski definition) is 0. The van der Waals surface area contributed by atoms with Gasteiger partial charge in [0.05, 0.1) is 24.6 Å². The van der Waals surface area contributed by atoms with Crippen LogP contribution in [0.25, 0.3) is 6.08 Å². The lowest BCUT2D eigenvalue weighted by Crippen LogP contribution is -2.36. The van der Waals surface area contributed by atoms with Crippen molar-refractivity contribution in [2.24, 2.45) is 10.9 Å². The number of imidazole rings is 1. The fourth-order valence-corrected chi connectivity index (χ4v) is 4.71. The van der Waals surface area contributed by atoms with Crippen LogP contribution in [0.4, 0.5) is 13.2 Å². The van der Waals surface area contributed by atoms with E-state index in [1.165, 1.54) is 19.2 Å². The Kier molecular flexibility index (Phi) is 8.67. The third-order valence-electron chi connectivity index (χ3n) is 6.60. The van der Waals surface area contributed by atoms with Crippen LogP contribution in [0.1, 0.15) is 42.0 Å². The highest BCUT2D eigenvalue weighted by molar-refractivity contribution is 6.07. The lowest BCUT2D eigenvalue weighted by atomic mass is 9.75. The summed E-state index contributed by atoms with van der Waals surface area (Å²) >= 11 is 0. The van der Waals surface area contributed by atoms with Crippen LogP contribution in [0, 0.1) is 5.92 Å². The Hall–Kier alpha value is -4.47. The van der Waals surface area contributed by atoms with Gasteiger partial charge in [0.25, 0.3) is 0 Å². The number of ether oxygens (including phenoxy) is 2. The van der Waals surface area contributed by atoms with E-state index in [2.05, 4.69) is 9.98 Å². The Morgan fingerprint density at radius 1 is 1.10 bits per heavy atom. The average molecular weight is 552 g/mol. The molecule has 1 aromatic heterocycles. The van der Waals surface area contributed by atoms with Gasteiger partial charge in [0.1, 0.15) is 12.5 Å². The molecular formula is C30H28F3N3O4. The van der Waals surface area contributed by atoms with Crippen molar-refractivity contribution in [1.82, 2.24) is 9.55 Å². The summed E-state index contributed by atoms with van der Waals surface area (Å²) in [5.41, 5.74) is 1.85. The van der Waals surface area contributed by atoms with Crippen molar-refractivity contribution in [1.29, 1.82) is 0 Å². The molecule has 0 saturated carbocycles. The van der Waals surface area contributed by atoms with E-state index >= 15 is 0 Å². The zero-order chi connectivity index (χ0) is 28.9. The number of allylic oxidation sites excluding steroid dienone is 1. The van der Waals surface area contributed by atoms with Crippen LogP contribution in [0.15, 0.2) is 89.6 Å². The maximum atomic E-state index is 13.5. The number of methoxy groups -OCH3 is 1. The summed E-state index contributed by atoms with van der Waals surface area (Å²) in [5.74, 6) is -3.63. The van der Waals surface area contributed by atoms with Crippen LogP contribution in [-0.2, 0) is 31.8 Å². The minimum absolute atomic E-state index is 0.0116. The van der Waals surface area contributed by atoms with E-state index in [9.17, 15) is 22.8 Å². The molecule has 3 aromatic rings. The topological polar surface area (TPSA) is 82.8 Å². The van der Waals surface area contributed by atoms with Crippen LogP contribution in [0.2, 0.25) is 0 Å². The van der Waals surface area contributed by atoms with Gasteiger partial charge in [-0.2, -0.15) is 13.2 Å². The molecule has 1 aliphatic rings. The molecule has 0 amide bonds. The number of hydrogen-bond acceptors (Lipinski definition) is 6. The minimum Gasteiger partial charge on any atom is -0.468 e. The maximum Gasteiger partial charge on any atom is 0.416 e. The van der Waals surface area contributed by atoms with E-state index in [-0.39, 0.29) is 23.4 Å². The molecular weight excluding hydrogens is 523 g/mol.